The summed E-state index contributed by atoms with van der Waals surface area (Å²) in [6, 6.07) is 7.64. The Hall–Kier alpha value is -3.02. The predicted molar refractivity (Wildman–Crippen MR) is 115 cm³/mol. The van der Waals surface area contributed by atoms with Crippen molar-refractivity contribution in [2.75, 3.05) is 19.7 Å². The average Bonchev–Trinajstić information content (AvgIpc) is 3.44. The van der Waals surface area contributed by atoms with Gasteiger partial charge in [-0.25, -0.2) is 0 Å². The van der Waals surface area contributed by atoms with Crippen LogP contribution in [0.5, 0.6) is 0 Å². The highest BCUT2D eigenvalue weighted by Gasteiger charge is 2.34. The Labute approximate surface area is 178 Å². The van der Waals surface area contributed by atoms with Gasteiger partial charge in [0.1, 0.15) is 6.54 Å². The van der Waals surface area contributed by atoms with Crippen LogP contribution < -0.4 is 5.32 Å². The highest BCUT2D eigenvalue weighted by Crippen LogP contribution is 2.33. The second-order valence-corrected chi connectivity index (χ2v) is 8.13. The zero-order valence-corrected chi connectivity index (χ0v) is 17.1. The average molecular weight is 423 g/mol. The van der Waals surface area contributed by atoms with Crippen LogP contribution in [0.4, 0.5) is 4.79 Å². The number of nitrogens with one attached hydrogen (secondary N) is 1. The van der Waals surface area contributed by atoms with Crippen LogP contribution in [0.1, 0.15) is 18.4 Å². The summed E-state index contributed by atoms with van der Waals surface area (Å²) < 4.78 is 7.38. The summed E-state index contributed by atoms with van der Waals surface area (Å²) in [7, 11) is 0. The van der Waals surface area contributed by atoms with Crippen molar-refractivity contribution >= 4 is 45.8 Å². The number of ether oxygens (including phenoxy) is 1. The molecule has 3 heterocycles. The monoisotopic (exact) mass is 423 g/mol. The van der Waals surface area contributed by atoms with Crippen molar-refractivity contribution in [2.24, 2.45) is 0 Å². The molecular weight excluding hydrogens is 402 g/mol. The summed E-state index contributed by atoms with van der Waals surface area (Å²) in [5.41, 5.74) is 1.64. The molecule has 2 aliphatic heterocycles. The summed E-state index contributed by atoms with van der Waals surface area (Å²) in [4.78, 5) is 38.3. The Balaban J connectivity index is 1.55. The van der Waals surface area contributed by atoms with Crippen LogP contribution >= 0.6 is 11.8 Å². The van der Waals surface area contributed by atoms with E-state index in [0.29, 0.717) is 11.4 Å². The lowest BCUT2D eigenvalue weighted by Crippen LogP contribution is -2.34. The first-order valence-corrected chi connectivity index (χ1v) is 10.5. The Bertz CT molecular complexity index is 1080. The van der Waals surface area contributed by atoms with Crippen LogP contribution in [0.25, 0.3) is 17.0 Å². The number of para-hydroxylation sites is 1. The minimum Gasteiger partial charge on any atom is -0.376 e. The molecule has 0 radical (unpaired) electrons. The third kappa shape index (κ3) is 4.13. The summed E-state index contributed by atoms with van der Waals surface area (Å²) in [5.74, 6) is 1.83. The van der Waals surface area contributed by atoms with Gasteiger partial charge in [0.2, 0.25) is 5.91 Å². The first-order chi connectivity index (χ1) is 14.6. The summed E-state index contributed by atoms with van der Waals surface area (Å²) >= 11 is 0.871. The maximum absolute atomic E-state index is 12.5. The molecular formula is C22H21N3O4S. The highest BCUT2D eigenvalue weighted by atomic mass is 32.2. The Morgan fingerprint density at radius 1 is 1.37 bits per heavy atom. The van der Waals surface area contributed by atoms with Crippen molar-refractivity contribution in [3.63, 3.8) is 0 Å². The number of fused-ring (bicyclic) bond motifs is 1. The van der Waals surface area contributed by atoms with Crippen molar-refractivity contribution in [3.8, 4) is 12.3 Å². The van der Waals surface area contributed by atoms with E-state index in [1.807, 2.05) is 35.0 Å². The fraction of sp³-hybridized carbons (Fsp3) is 0.318. The Morgan fingerprint density at radius 3 is 2.97 bits per heavy atom. The van der Waals surface area contributed by atoms with E-state index in [9.17, 15) is 14.4 Å². The summed E-state index contributed by atoms with van der Waals surface area (Å²) in [6.45, 7) is 1.36. The number of terminal acetylenes is 1. The zero-order valence-electron chi connectivity index (χ0n) is 16.3. The third-order valence-corrected chi connectivity index (χ3v) is 6.00. The molecule has 3 amide bonds. The van der Waals surface area contributed by atoms with Crippen LogP contribution in [-0.2, 0) is 20.9 Å². The van der Waals surface area contributed by atoms with E-state index >= 15 is 0 Å². The van der Waals surface area contributed by atoms with Gasteiger partial charge in [0.25, 0.3) is 11.1 Å². The third-order valence-electron chi connectivity index (χ3n) is 5.09. The molecule has 8 heteroatoms. The van der Waals surface area contributed by atoms with Gasteiger partial charge >= 0.3 is 0 Å². The van der Waals surface area contributed by atoms with Gasteiger partial charge in [0.05, 0.1) is 17.6 Å². The molecule has 30 heavy (non-hydrogen) atoms. The predicted octanol–water partition coefficient (Wildman–Crippen LogP) is 2.61. The molecule has 0 aliphatic carbocycles. The quantitative estimate of drug-likeness (QED) is 0.571. The molecule has 0 unspecified atom stereocenters. The van der Waals surface area contributed by atoms with E-state index < -0.39 is 5.91 Å². The van der Waals surface area contributed by atoms with Crippen molar-refractivity contribution in [1.82, 2.24) is 14.8 Å². The van der Waals surface area contributed by atoms with Gasteiger partial charge in [-0.1, -0.05) is 24.1 Å². The molecule has 1 aromatic heterocycles. The Kier molecular flexibility index (Phi) is 5.93. The number of carbonyl (C=O) groups excluding carboxylic acids is 3. The molecule has 154 valence electrons. The van der Waals surface area contributed by atoms with Gasteiger partial charge in [-0.05, 0) is 36.7 Å². The maximum Gasteiger partial charge on any atom is 0.294 e. The first kappa shape index (κ1) is 20.3. The molecule has 7 nitrogen and oxygen atoms in total. The molecule has 1 aromatic carbocycles. The minimum atomic E-state index is -0.394. The van der Waals surface area contributed by atoms with Crippen molar-refractivity contribution in [2.45, 2.75) is 25.5 Å². The second kappa shape index (κ2) is 8.78. The number of aromatic nitrogens is 1. The van der Waals surface area contributed by atoms with Crippen molar-refractivity contribution in [1.29, 1.82) is 0 Å². The van der Waals surface area contributed by atoms with E-state index in [4.69, 9.17) is 11.2 Å². The van der Waals surface area contributed by atoms with E-state index in [-0.39, 0.29) is 30.3 Å². The standard InChI is InChI=1S/C22H21N3O4S/c1-2-9-25-21(27)19(30-22(25)28)11-15-13-24(18-8-4-3-7-17(15)18)14-20(26)23-12-16-6-5-10-29-16/h1,3-4,7-8,11,13,16H,5-6,9-10,12,14H2,(H,23,26)/b19-11-/t16-/m1/s1. The number of amides is 3. The summed E-state index contributed by atoms with van der Waals surface area (Å²) in [5, 5.41) is 3.45. The van der Waals surface area contributed by atoms with Gasteiger partial charge in [-0.15, -0.1) is 6.42 Å². The van der Waals surface area contributed by atoms with Gasteiger partial charge < -0.3 is 14.6 Å². The molecule has 4 rings (SSSR count). The maximum atomic E-state index is 12.5. The zero-order chi connectivity index (χ0) is 21.1. The molecule has 0 spiro atoms. The topological polar surface area (TPSA) is 80.6 Å². The number of thioether (sulfide) groups is 1. The van der Waals surface area contributed by atoms with E-state index in [0.717, 1.165) is 52.6 Å². The molecule has 1 atom stereocenters. The second-order valence-electron chi connectivity index (χ2n) is 7.14. The number of hydrogen-bond acceptors (Lipinski definition) is 5. The van der Waals surface area contributed by atoms with Crippen LogP contribution in [0, 0.1) is 12.3 Å². The molecule has 2 aromatic rings. The van der Waals surface area contributed by atoms with Crippen LogP contribution in [0.15, 0.2) is 35.4 Å². The van der Waals surface area contributed by atoms with E-state index in [1.54, 1.807) is 6.08 Å². The van der Waals surface area contributed by atoms with E-state index in [2.05, 4.69) is 11.2 Å². The minimum absolute atomic E-state index is 0.0470. The number of rotatable bonds is 6. The fourth-order valence-corrected chi connectivity index (χ4v) is 4.46. The SMILES string of the molecule is C#CCN1C(=O)S/C(=C\c2cn(CC(=O)NC[C@H]3CCCO3)c3ccccc23)C1=O. The molecule has 0 bridgehead atoms. The number of benzene rings is 1. The van der Waals surface area contributed by atoms with E-state index in [1.165, 1.54) is 0 Å². The molecule has 0 saturated carbocycles. The lowest BCUT2D eigenvalue weighted by Gasteiger charge is -2.11. The smallest absolute Gasteiger partial charge is 0.294 e. The van der Waals surface area contributed by atoms with Crippen LogP contribution in [0.3, 0.4) is 0 Å². The number of hydrogen-bond donors (Lipinski definition) is 1. The van der Waals surface area contributed by atoms with Gasteiger partial charge in [-0.3, -0.25) is 19.3 Å². The lowest BCUT2D eigenvalue weighted by atomic mass is 10.1. The van der Waals surface area contributed by atoms with Crippen molar-refractivity contribution in [3.05, 3.63) is 40.9 Å². The first-order valence-electron chi connectivity index (χ1n) is 9.72. The molecule has 2 aliphatic rings. The number of carbonyl (C=O) groups is 3. The molecule has 1 N–H and O–H groups in total. The molecule has 2 fully saturated rings. The van der Waals surface area contributed by atoms with Crippen molar-refractivity contribution < 1.29 is 19.1 Å². The Morgan fingerprint density at radius 2 is 2.20 bits per heavy atom. The number of imide groups is 1. The fourth-order valence-electron chi connectivity index (χ4n) is 3.63. The number of nitrogens with zero attached hydrogens (tertiary/aromatic N) is 2. The van der Waals surface area contributed by atoms with Crippen LogP contribution in [-0.4, -0.2) is 52.3 Å². The van der Waals surface area contributed by atoms with Gasteiger partial charge in [0.15, 0.2) is 0 Å². The lowest BCUT2D eigenvalue weighted by molar-refractivity contribution is -0.123. The largest absolute Gasteiger partial charge is 0.376 e. The van der Waals surface area contributed by atoms with Crippen LogP contribution in [0.2, 0.25) is 0 Å². The normalized spacial score (nSPS) is 20.3. The van der Waals surface area contributed by atoms with Gasteiger partial charge in [-0.2, -0.15) is 0 Å². The molecule has 2 saturated heterocycles. The summed E-state index contributed by atoms with van der Waals surface area (Å²) in [6.07, 6.45) is 10.8. The highest BCUT2D eigenvalue weighted by molar-refractivity contribution is 8.18. The van der Waals surface area contributed by atoms with Gasteiger partial charge in [0, 0.05) is 35.8 Å².